The summed E-state index contributed by atoms with van der Waals surface area (Å²) >= 11 is 0. The number of rotatable bonds is 6. The summed E-state index contributed by atoms with van der Waals surface area (Å²) in [7, 11) is 0. The molecule has 1 aromatic carbocycles. The van der Waals surface area contributed by atoms with Crippen LogP contribution in [0.15, 0.2) is 18.2 Å². The van der Waals surface area contributed by atoms with E-state index in [0.717, 1.165) is 50.5 Å². The molecule has 1 fully saturated rings. The first-order valence-corrected chi connectivity index (χ1v) is 10.5. The molecule has 6 nitrogen and oxygen atoms in total. The van der Waals surface area contributed by atoms with Gasteiger partial charge in [-0.25, -0.2) is 9.18 Å². The van der Waals surface area contributed by atoms with Gasteiger partial charge in [-0.05, 0) is 37.1 Å². The number of alkyl carbamates (subject to hydrolysis) is 1. The number of benzene rings is 1. The first-order chi connectivity index (χ1) is 13.7. The van der Waals surface area contributed by atoms with Crippen LogP contribution in [0.3, 0.4) is 0 Å². The molecule has 0 spiro atoms. The van der Waals surface area contributed by atoms with E-state index in [0.29, 0.717) is 13.1 Å². The van der Waals surface area contributed by atoms with Crippen molar-refractivity contribution >= 4 is 11.8 Å². The van der Waals surface area contributed by atoms with Gasteiger partial charge in [0.2, 0.25) is 0 Å². The lowest BCUT2D eigenvalue weighted by molar-refractivity contribution is -0.0234. The van der Waals surface area contributed by atoms with Crippen LogP contribution in [0.4, 0.5) is 14.9 Å². The molecular formula is C22H34FN3O3. The van der Waals surface area contributed by atoms with E-state index in [1.807, 2.05) is 13.0 Å². The van der Waals surface area contributed by atoms with Gasteiger partial charge in [0.25, 0.3) is 0 Å². The molecule has 2 aliphatic heterocycles. The first-order valence-electron chi connectivity index (χ1n) is 10.5. The molecule has 0 bridgehead atoms. The standard InChI is InChI=1S/C22H34FN3O3/c1-16(14-26-8-7-17-13-18(23)5-6-19(17)26)24-21(27)29-20(22(2,3)4)15-25-9-11-28-12-10-25/h5-6,13,16,20H,7-12,14-15H2,1-4H3,(H,24,27)/t16-,20+/m0/s1. The van der Waals surface area contributed by atoms with Crippen molar-refractivity contribution in [2.45, 2.75) is 46.3 Å². The normalized spacial score (nSPS) is 19.6. The second-order valence-electron chi connectivity index (χ2n) is 9.19. The van der Waals surface area contributed by atoms with Gasteiger partial charge in [-0.1, -0.05) is 20.8 Å². The summed E-state index contributed by atoms with van der Waals surface area (Å²) in [6.07, 6.45) is 0.239. The Morgan fingerprint density at radius 1 is 1.24 bits per heavy atom. The minimum Gasteiger partial charge on any atom is -0.444 e. The van der Waals surface area contributed by atoms with E-state index in [1.54, 1.807) is 6.07 Å². The van der Waals surface area contributed by atoms with E-state index in [1.165, 1.54) is 6.07 Å². The van der Waals surface area contributed by atoms with Crippen LogP contribution in [0.25, 0.3) is 0 Å². The molecule has 7 heteroatoms. The lowest BCUT2D eigenvalue weighted by Crippen LogP contribution is -2.49. The molecule has 0 aromatic heterocycles. The van der Waals surface area contributed by atoms with E-state index in [-0.39, 0.29) is 29.5 Å². The maximum Gasteiger partial charge on any atom is 0.407 e. The first kappa shape index (κ1) is 21.8. The van der Waals surface area contributed by atoms with E-state index >= 15 is 0 Å². The molecule has 1 N–H and O–H groups in total. The topological polar surface area (TPSA) is 54.0 Å². The number of hydrogen-bond acceptors (Lipinski definition) is 5. The van der Waals surface area contributed by atoms with E-state index in [9.17, 15) is 9.18 Å². The predicted octanol–water partition coefficient (Wildman–Crippen LogP) is 3.05. The highest BCUT2D eigenvalue weighted by Crippen LogP contribution is 2.28. The SMILES string of the molecule is C[C@@H](CN1CCc2cc(F)ccc21)NC(=O)O[C@H](CN1CCOCC1)C(C)(C)C. The van der Waals surface area contributed by atoms with Crippen LogP contribution >= 0.6 is 0 Å². The van der Waals surface area contributed by atoms with Gasteiger partial charge in [0.1, 0.15) is 11.9 Å². The van der Waals surface area contributed by atoms with Crippen molar-refractivity contribution in [1.82, 2.24) is 10.2 Å². The summed E-state index contributed by atoms with van der Waals surface area (Å²) < 4.78 is 24.7. The molecular weight excluding hydrogens is 373 g/mol. The number of fused-ring (bicyclic) bond motifs is 1. The van der Waals surface area contributed by atoms with Crippen molar-refractivity contribution in [3.63, 3.8) is 0 Å². The third-order valence-electron chi connectivity index (χ3n) is 5.63. The van der Waals surface area contributed by atoms with Gasteiger partial charge in [-0.3, -0.25) is 4.90 Å². The summed E-state index contributed by atoms with van der Waals surface area (Å²) in [6, 6.07) is 4.83. The number of amides is 1. The molecule has 0 saturated carbocycles. The second-order valence-corrected chi connectivity index (χ2v) is 9.19. The Kier molecular flexibility index (Phi) is 7.01. The number of morpholine rings is 1. The average molecular weight is 408 g/mol. The zero-order valence-corrected chi connectivity index (χ0v) is 18.0. The lowest BCUT2D eigenvalue weighted by Gasteiger charge is -2.36. The fourth-order valence-electron chi connectivity index (χ4n) is 3.88. The van der Waals surface area contributed by atoms with Gasteiger partial charge < -0.3 is 19.7 Å². The van der Waals surface area contributed by atoms with Crippen LogP contribution in [0.5, 0.6) is 0 Å². The summed E-state index contributed by atoms with van der Waals surface area (Å²) in [5, 5.41) is 2.97. The fraction of sp³-hybridized carbons (Fsp3) is 0.682. The summed E-state index contributed by atoms with van der Waals surface area (Å²) in [5.41, 5.74) is 1.92. The van der Waals surface area contributed by atoms with Gasteiger partial charge in [0.05, 0.1) is 13.2 Å². The summed E-state index contributed by atoms with van der Waals surface area (Å²) in [6.45, 7) is 13.6. The number of hydrogen-bond donors (Lipinski definition) is 1. The second kappa shape index (κ2) is 9.30. The van der Waals surface area contributed by atoms with Crippen LogP contribution in [-0.2, 0) is 15.9 Å². The van der Waals surface area contributed by atoms with E-state index in [2.05, 4.69) is 35.9 Å². The minimum atomic E-state index is -0.385. The van der Waals surface area contributed by atoms with Crippen molar-refractivity contribution in [3.8, 4) is 0 Å². The van der Waals surface area contributed by atoms with Gasteiger partial charge in [-0.15, -0.1) is 0 Å². The van der Waals surface area contributed by atoms with Gasteiger partial charge in [0, 0.05) is 49.9 Å². The molecule has 1 aromatic rings. The largest absolute Gasteiger partial charge is 0.444 e. The number of halogens is 1. The number of carbonyl (C=O) groups is 1. The van der Waals surface area contributed by atoms with Crippen molar-refractivity contribution in [2.24, 2.45) is 5.41 Å². The van der Waals surface area contributed by atoms with Crippen LogP contribution in [-0.4, -0.2) is 69.1 Å². The van der Waals surface area contributed by atoms with Crippen LogP contribution in [0.2, 0.25) is 0 Å². The van der Waals surface area contributed by atoms with Crippen molar-refractivity contribution < 1.29 is 18.7 Å². The van der Waals surface area contributed by atoms with Gasteiger partial charge in [-0.2, -0.15) is 0 Å². The zero-order chi connectivity index (χ0) is 21.0. The highest BCUT2D eigenvalue weighted by Gasteiger charge is 2.31. The summed E-state index contributed by atoms with van der Waals surface area (Å²) in [4.78, 5) is 17.0. The van der Waals surface area contributed by atoms with Crippen molar-refractivity contribution in [2.75, 3.05) is 50.8 Å². The molecule has 0 aliphatic carbocycles. The molecule has 3 rings (SSSR count). The molecule has 1 amide bonds. The number of nitrogens with zero attached hydrogens (tertiary/aromatic N) is 2. The van der Waals surface area contributed by atoms with Gasteiger partial charge in [0.15, 0.2) is 0 Å². The minimum absolute atomic E-state index is 0.0810. The predicted molar refractivity (Wildman–Crippen MR) is 112 cm³/mol. The van der Waals surface area contributed by atoms with Crippen LogP contribution in [0, 0.1) is 11.2 Å². The maximum absolute atomic E-state index is 13.4. The lowest BCUT2D eigenvalue weighted by atomic mass is 9.88. The van der Waals surface area contributed by atoms with Crippen molar-refractivity contribution in [3.05, 3.63) is 29.6 Å². The fourth-order valence-corrected chi connectivity index (χ4v) is 3.88. The van der Waals surface area contributed by atoms with Crippen LogP contribution in [0.1, 0.15) is 33.3 Å². The molecule has 2 atom stereocenters. The van der Waals surface area contributed by atoms with E-state index in [4.69, 9.17) is 9.47 Å². The Morgan fingerprint density at radius 2 is 1.97 bits per heavy atom. The quantitative estimate of drug-likeness (QED) is 0.786. The van der Waals surface area contributed by atoms with Crippen molar-refractivity contribution in [1.29, 1.82) is 0 Å². The molecule has 1 saturated heterocycles. The molecule has 2 heterocycles. The molecule has 2 aliphatic rings. The Balaban J connectivity index is 1.52. The number of ether oxygens (including phenoxy) is 2. The molecule has 0 radical (unpaired) electrons. The molecule has 162 valence electrons. The maximum atomic E-state index is 13.4. The third-order valence-corrected chi connectivity index (χ3v) is 5.63. The molecule has 29 heavy (non-hydrogen) atoms. The van der Waals surface area contributed by atoms with Gasteiger partial charge >= 0.3 is 6.09 Å². The number of nitrogens with one attached hydrogen (secondary N) is 1. The Morgan fingerprint density at radius 3 is 2.66 bits per heavy atom. The third kappa shape index (κ3) is 6.06. The summed E-state index contributed by atoms with van der Waals surface area (Å²) in [5.74, 6) is -0.200. The average Bonchev–Trinajstić information content (AvgIpc) is 3.02. The number of anilines is 1. The Bertz CT molecular complexity index is 701. The Labute approximate surface area is 173 Å². The highest BCUT2D eigenvalue weighted by atomic mass is 19.1. The number of carbonyl (C=O) groups excluding carboxylic acids is 1. The van der Waals surface area contributed by atoms with E-state index < -0.39 is 0 Å². The smallest absolute Gasteiger partial charge is 0.407 e. The monoisotopic (exact) mass is 407 g/mol. The zero-order valence-electron chi connectivity index (χ0n) is 18.0. The highest BCUT2D eigenvalue weighted by molar-refractivity contribution is 5.68. The Hall–Kier alpha value is -1.86. The van der Waals surface area contributed by atoms with Crippen LogP contribution < -0.4 is 10.2 Å². The molecule has 0 unspecified atom stereocenters.